The molecule has 0 spiro atoms. The third kappa shape index (κ3) is 5.15. The van der Waals surface area contributed by atoms with Gasteiger partial charge in [-0.1, -0.05) is 41.9 Å². The number of amides is 1. The van der Waals surface area contributed by atoms with Gasteiger partial charge in [-0.3, -0.25) is 9.52 Å². The molecular formula is C25H26ClN3O3S. The highest BCUT2D eigenvalue weighted by atomic mass is 35.5. The van der Waals surface area contributed by atoms with Gasteiger partial charge in [0.2, 0.25) is 0 Å². The summed E-state index contributed by atoms with van der Waals surface area (Å²) in [5, 5.41) is 0.687. The van der Waals surface area contributed by atoms with Crippen LogP contribution in [0.3, 0.4) is 0 Å². The third-order valence-corrected chi connectivity index (χ3v) is 7.59. The molecule has 3 aromatic rings. The molecule has 3 aromatic carbocycles. The molecule has 1 fully saturated rings. The zero-order valence-electron chi connectivity index (χ0n) is 18.6. The predicted molar refractivity (Wildman–Crippen MR) is 133 cm³/mol. The van der Waals surface area contributed by atoms with Crippen molar-refractivity contribution in [1.82, 2.24) is 4.90 Å². The smallest absolute Gasteiger partial charge is 0.262 e. The molecule has 1 saturated heterocycles. The van der Waals surface area contributed by atoms with Crippen molar-refractivity contribution < 1.29 is 13.2 Å². The normalized spacial score (nSPS) is 14.3. The molecule has 8 heteroatoms. The highest BCUT2D eigenvalue weighted by Gasteiger charge is 2.25. The average Bonchev–Trinajstić information content (AvgIpc) is 2.81. The van der Waals surface area contributed by atoms with E-state index in [0.29, 0.717) is 48.0 Å². The number of aryl methyl sites for hydroxylation is 2. The van der Waals surface area contributed by atoms with Gasteiger partial charge >= 0.3 is 0 Å². The minimum Gasteiger partial charge on any atom is -0.368 e. The number of carbonyl (C=O) groups excluding carboxylic acids is 1. The Morgan fingerprint density at radius 1 is 0.879 bits per heavy atom. The first-order valence-corrected chi connectivity index (χ1v) is 12.6. The number of carbonyl (C=O) groups is 1. The molecule has 1 N–H and O–H groups in total. The van der Waals surface area contributed by atoms with Gasteiger partial charge in [-0.05, 0) is 61.4 Å². The van der Waals surface area contributed by atoms with Crippen LogP contribution < -0.4 is 9.62 Å². The van der Waals surface area contributed by atoms with E-state index in [1.807, 2.05) is 31.2 Å². The summed E-state index contributed by atoms with van der Waals surface area (Å²) in [5.74, 6) is -0.173. The number of sulfonamides is 1. The van der Waals surface area contributed by atoms with Crippen LogP contribution in [0.25, 0.3) is 0 Å². The second kappa shape index (κ2) is 9.45. The van der Waals surface area contributed by atoms with Gasteiger partial charge in [0.05, 0.1) is 4.90 Å². The molecule has 0 atom stereocenters. The number of benzene rings is 3. The van der Waals surface area contributed by atoms with Crippen molar-refractivity contribution in [1.29, 1.82) is 0 Å². The molecule has 1 amide bonds. The van der Waals surface area contributed by atoms with Crippen LogP contribution in [0.5, 0.6) is 0 Å². The summed E-state index contributed by atoms with van der Waals surface area (Å²) >= 11 is 6.17. The number of halogens is 1. The van der Waals surface area contributed by atoms with Gasteiger partial charge in [0.15, 0.2) is 0 Å². The number of nitrogens with one attached hydrogen (secondary N) is 1. The molecule has 1 heterocycles. The first kappa shape index (κ1) is 23.1. The Labute approximate surface area is 199 Å². The summed E-state index contributed by atoms with van der Waals surface area (Å²) < 4.78 is 28.5. The fourth-order valence-corrected chi connectivity index (χ4v) is 5.49. The van der Waals surface area contributed by atoms with Gasteiger partial charge in [-0.15, -0.1) is 0 Å². The highest BCUT2D eigenvalue weighted by Crippen LogP contribution is 2.26. The second-order valence-corrected chi connectivity index (χ2v) is 10.2. The number of piperazine rings is 1. The van der Waals surface area contributed by atoms with Gasteiger partial charge in [0.1, 0.15) is 0 Å². The van der Waals surface area contributed by atoms with Crippen LogP contribution in [-0.2, 0) is 10.0 Å². The van der Waals surface area contributed by atoms with E-state index in [1.165, 1.54) is 6.07 Å². The molecule has 0 aromatic heterocycles. The number of nitrogens with zero attached hydrogens (tertiary/aromatic N) is 2. The van der Waals surface area contributed by atoms with Gasteiger partial charge < -0.3 is 9.80 Å². The summed E-state index contributed by atoms with van der Waals surface area (Å²) in [6.45, 7) is 6.21. The topological polar surface area (TPSA) is 69.7 Å². The Balaban J connectivity index is 1.50. The van der Waals surface area contributed by atoms with Crippen molar-refractivity contribution in [3.63, 3.8) is 0 Å². The summed E-state index contributed by atoms with van der Waals surface area (Å²) in [7, 11) is -3.83. The van der Waals surface area contributed by atoms with Crippen molar-refractivity contribution in [3.8, 4) is 0 Å². The number of rotatable bonds is 5. The van der Waals surface area contributed by atoms with E-state index in [4.69, 9.17) is 11.6 Å². The van der Waals surface area contributed by atoms with Crippen LogP contribution in [0.4, 0.5) is 11.4 Å². The lowest BCUT2D eigenvalue weighted by atomic mass is 10.1. The van der Waals surface area contributed by atoms with Crippen molar-refractivity contribution >= 4 is 38.9 Å². The lowest BCUT2D eigenvalue weighted by Crippen LogP contribution is -2.49. The maximum Gasteiger partial charge on any atom is 0.262 e. The van der Waals surface area contributed by atoms with Crippen LogP contribution in [0, 0.1) is 13.8 Å². The highest BCUT2D eigenvalue weighted by molar-refractivity contribution is 7.92. The Bertz CT molecular complexity index is 1270. The quantitative estimate of drug-likeness (QED) is 0.570. The zero-order valence-corrected chi connectivity index (χ0v) is 20.2. The maximum atomic E-state index is 13.2. The Kier molecular flexibility index (Phi) is 6.63. The summed E-state index contributed by atoms with van der Waals surface area (Å²) in [4.78, 5) is 17.3. The lowest BCUT2D eigenvalue weighted by molar-refractivity contribution is 0.0746. The van der Waals surface area contributed by atoms with Crippen LogP contribution in [-0.4, -0.2) is 45.4 Å². The molecule has 1 aliphatic heterocycles. The van der Waals surface area contributed by atoms with Crippen LogP contribution in [0.15, 0.2) is 71.6 Å². The van der Waals surface area contributed by atoms with E-state index >= 15 is 0 Å². The van der Waals surface area contributed by atoms with Crippen molar-refractivity contribution in [2.24, 2.45) is 0 Å². The van der Waals surface area contributed by atoms with E-state index in [0.717, 1.165) is 11.3 Å². The van der Waals surface area contributed by atoms with Crippen molar-refractivity contribution in [3.05, 3.63) is 88.4 Å². The first-order chi connectivity index (χ1) is 15.7. The van der Waals surface area contributed by atoms with Crippen molar-refractivity contribution in [2.45, 2.75) is 18.7 Å². The molecule has 4 rings (SSSR count). The molecule has 33 heavy (non-hydrogen) atoms. The number of anilines is 2. The van der Waals surface area contributed by atoms with Crippen LogP contribution >= 0.6 is 11.6 Å². The van der Waals surface area contributed by atoms with Crippen LogP contribution in [0.1, 0.15) is 21.5 Å². The third-order valence-electron chi connectivity index (χ3n) is 5.83. The fraction of sp³-hybridized carbons (Fsp3) is 0.240. The minimum atomic E-state index is -3.83. The van der Waals surface area contributed by atoms with E-state index in [9.17, 15) is 13.2 Å². The molecule has 6 nitrogen and oxygen atoms in total. The molecular weight excluding hydrogens is 458 g/mol. The Morgan fingerprint density at radius 2 is 1.55 bits per heavy atom. The summed E-state index contributed by atoms with van der Waals surface area (Å²) in [5.41, 5.74) is 3.63. The van der Waals surface area contributed by atoms with E-state index in [2.05, 4.69) is 9.62 Å². The van der Waals surface area contributed by atoms with E-state index in [-0.39, 0.29) is 10.8 Å². The molecule has 0 saturated carbocycles. The van der Waals surface area contributed by atoms with Gasteiger partial charge in [0.25, 0.3) is 15.9 Å². The van der Waals surface area contributed by atoms with Gasteiger partial charge in [0, 0.05) is 48.1 Å². The van der Waals surface area contributed by atoms with E-state index in [1.54, 1.807) is 48.2 Å². The Hall–Kier alpha value is -3.03. The SMILES string of the molecule is Cc1ccc(Cl)cc1N1CCN(C(=O)c2ccc(C)c(S(=O)(=O)Nc3ccccc3)c2)CC1. The fourth-order valence-electron chi connectivity index (χ4n) is 4.00. The summed E-state index contributed by atoms with van der Waals surface area (Å²) in [6.07, 6.45) is 0. The molecule has 172 valence electrons. The average molecular weight is 484 g/mol. The zero-order chi connectivity index (χ0) is 23.6. The van der Waals surface area contributed by atoms with Gasteiger partial charge in [-0.2, -0.15) is 0 Å². The largest absolute Gasteiger partial charge is 0.368 e. The number of hydrogen-bond donors (Lipinski definition) is 1. The monoisotopic (exact) mass is 483 g/mol. The maximum absolute atomic E-state index is 13.2. The van der Waals surface area contributed by atoms with Crippen LogP contribution in [0.2, 0.25) is 5.02 Å². The number of para-hydroxylation sites is 1. The van der Waals surface area contributed by atoms with Crippen molar-refractivity contribution in [2.75, 3.05) is 35.8 Å². The molecule has 0 radical (unpaired) electrons. The first-order valence-electron chi connectivity index (χ1n) is 10.7. The molecule has 0 aliphatic carbocycles. The second-order valence-electron chi connectivity index (χ2n) is 8.16. The minimum absolute atomic E-state index is 0.102. The van der Waals surface area contributed by atoms with Gasteiger partial charge in [-0.25, -0.2) is 8.42 Å². The predicted octanol–water partition coefficient (Wildman–Crippen LogP) is 4.72. The molecule has 1 aliphatic rings. The Morgan fingerprint density at radius 3 is 2.24 bits per heavy atom. The molecule has 0 unspecified atom stereocenters. The number of hydrogen-bond acceptors (Lipinski definition) is 4. The van der Waals surface area contributed by atoms with E-state index < -0.39 is 10.0 Å². The lowest BCUT2D eigenvalue weighted by Gasteiger charge is -2.37. The molecule has 0 bridgehead atoms. The summed E-state index contributed by atoms with van der Waals surface area (Å²) in [6, 6.07) is 19.3. The standard InChI is InChI=1S/C25H26ClN3O3S/c1-18-9-11-21(26)17-23(18)28-12-14-29(15-13-28)25(30)20-10-8-19(2)24(16-20)33(31,32)27-22-6-4-3-5-7-22/h3-11,16-17,27H,12-15H2,1-2H3.